The van der Waals surface area contributed by atoms with E-state index in [1.165, 1.54) is 17.2 Å². The maximum Gasteiger partial charge on any atom is 0.322 e. The van der Waals surface area contributed by atoms with Crippen LogP contribution in [0.15, 0.2) is 109 Å². The molecule has 0 bridgehead atoms. The van der Waals surface area contributed by atoms with Crippen LogP contribution in [0.4, 0.5) is 14.9 Å². The smallest absolute Gasteiger partial charge is 0.320 e. The largest absolute Gasteiger partial charge is 0.322 e. The normalized spacial score (nSPS) is 10.8. The third-order valence-electron chi connectivity index (χ3n) is 5.81. The predicted octanol–water partition coefficient (Wildman–Crippen LogP) is 7.74. The molecule has 4 rings (SSSR count). The van der Waals surface area contributed by atoms with Crippen LogP contribution in [0.5, 0.6) is 0 Å². The Labute approximate surface area is 204 Å². The summed E-state index contributed by atoms with van der Waals surface area (Å²) in [5.41, 5.74) is 3.35. The van der Waals surface area contributed by atoms with Crippen molar-refractivity contribution in [2.45, 2.75) is 18.9 Å². The van der Waals surface area contributed by atoms with Crippen LogP contribution in [0.3, 0.4) is 0 Å². The average Bonchev–Trinajstić information content (AvgIpc) is 2.87. The summed E-state index contributed by atoms with van der Waals surface area (Å²) in [4.78, 5) is 15.0. The summed E-state index contributed by atoms with van der Waals surface area (Å²) in [6.07, 6.45) is 0.698. The number of benzene rings is 4. The fourth-order valence-electron chi connectivity index (χ4n) is 4.02. The lowest BCUT2D eigenvalue weighted by molar-refractivity contribution is 0.207. The average molecular weight is 473 g/mol. The molecule has 0 saturated heterocycles. The van der Waals surface area contributed by atoms with E-state index in [-0.39, 0.29) is 17.6 Å². The molecule has 4 aromatic carbocycles. The molecule has 0 fully saturated rings. The summed E-state index contributed by atoms with van der Waals surface area (Å²) in [7, 11) is 0. The van der Waals surface area contributed by atoms with E-state index in [1.807, 2.05) is 54.6 Å². The first-order valence-corrected chi connectivity index (χ1v) is 11.6. The zero-order chi connectivity index (χ0) is 23.8. The molecule has 0 atom stereocenters. The van der Waals surface area contributed by atoms with Gasteiger partial charge in [-0.25, -0.2) is 9.18 Å². The molecule has 0 aromatic heterocycles. The molecule has 4 aromatic rings. The van der Waals surface area contributed by atoms with Gasteiger partial charge in [-0.3, -0.25) is 0 Å². The summed E-state index contributed by atoms with van der Waals surface area (Å²) in [6, 6.07) is 33.8. The van der Waals surface area contributed by atoms with E-state index in [0.29, 0.717) is 24.5 Å². The van der Waals surface area contributed by atoms with Crippen LogP contribution >= 0.6 is 11.6 Å². The van der Waals surface area contributed by atoms with E-state index in [4.69, 9.17) is 11.6 Å². The minimum atomic E-state index is -0.472. The van der Waals surface area contributed by atoms with E-state index in [0.717, 1.165) is 5.56 Å². The molecule has 0 saturated carbocycles. The number of rotatable bonds is 8. The third kappa shape index (κ3) is 6.03. The Morgan fingerprint density at radius 3 is 1.97 bits per heavy atom. The van der Waals surface area contributed by atoms with Gasteiger partial charge in [0.25, 0.3) is 0 Å². The van der Waals surface area contributed by atoms with Crippen LogP contribution in [-0.2, 0) is 6.54 Å². The molecule has 2 amide bonds. The SMILES string of the molecule is O=C(Nc1ccccc1F)N(CCC(c1ccccc1)c1ccccc1)Cc1ccccc1Cl. The number of nitrogens with one attached hydrogen (secondary N) is 1. The first kappa shape index (κ1) is 23.5. The van der Waals surface area contributed by atoms with Crippen LogP contribution in [0.25, 0.3) is 0 Å². The molecule has 0 unspecified atom stereocenters. The molecule has 0 radical (unpaired) electrons. The predicted molar refractivity (Wildman–Crippen MR) is 137 cm³/mol. The first-order chi connectivity index (χ1) is 16.6. The van der Waals surface area contributed by atoms with Crippen molar-refractivity contribution in [1.29, 1.82) is 0 Å². The van der Waals surface area contributed by atoms with Crippen molar-refractivity contribution in [2.24, 2.45) is 0 Å². The van der Waals surface area contributed by atoms with Crippen LogP contribution in [-0.4, -0.2) is 17.5 Å². The molecule has 1 N–H and O–H groups in total. The number of amides is 2. The van der Waals surface area contributed by atoms with Crippen LogP contribution in [0.2, 0.25) is 5.02 Å². The van der Waals surface area contributed by atoms with E-state index in [2.05, 4.69) is 29.6 Å². The Morgan fingerprint density at radius 2 is 1.35 bits per heavy atom. The van der Waals surface area contributed by atoms with Crippen molar-refractivity contribution in [1.82, 2.24) is 4.90 Å². The highest BCUT2D eigenvalue weighted by Crippen LogP contribution is 2.29. The third-order valence-corrected chi connectivity index (χ3v) is 6.18. The number of urea groups is 1. The number of anilines is 1. The molecule has 0 heterocycles. The maximum absolute atomic E-state index is 14.2. The van der Waals surface area contributed by atoms with Gasteiger partial charge in [-0.15, -0.1) is 0 Å². The number of halogens is 2. The van der Waals surface area contributed by atoms with Gasteiger partial charge in [-0.2, -0.15) is 0 Å². The van der Waals surface area contributed by atoms with E-state index < -0.39 is 5.82 Å². The van der Waals surface area contributed by atoms with Crippen molar-refractivity contribution >= 4 is 23.3 Å². The Morgan fingerprint density at radius 1 is 0.794 bits per heavy atom. The van der Waals surface area contributed by atoms with Gasteiger partial charge in [0.05, 0.1) is 5.69 Å². The molecule has 3 nitrogen and oxygen atoms in total. The Hall–Kier alpha value is -3.63. The summed E-state index contributed by atoms with van der Waals surface area (Å²) in [6.45, 7) is 0.774. The Bertz CT molecular complexity index is 1180. The lowest BCUT2D eigenvalue weighted by Gasteiger charge is -2.27. The second-order valence-electron chi connectivity index (χ2n) is 8.09. The van der Waals surface area contributed by atoms with Gasteiger partial charge in [-0.1, -0.05) is 103 Å². The maximum atomic E-state index is 14.2. The van der Waals surface area contributed by atoms with Crippen LogP contribution in [0, 0.1) is 5.82 Å². The van der Waals surface area contributed by atoms with Crippen LogP contribution < -0.4 is 5.32 Å². The minimum absolute atomic E-state index is 0.109. The topological polar surface area (TPSA) is 32.3 Å². The summed E-state index contributed by atoms with van der Waals surface area (Å²) < 4.78 is 14.2. The standard InChI is InChI=1S/C29H26ClFN2O/c30-26-16-8-7-15-24(26)21-33(29(34)32-28-18-10-9-17-27(28)31)20-19-25(22-11-3-1-4-12-22)23-13-5-2-6-14-23/h1-18,25H,19-21H2,(H,32,34). The number of hydrogen-bond acceptors (Lipinski definition) is 1. The molecule has 172 valence electrons. The second-order valence-corrected chi connectivity index (χ2v) is 8.49. The zero-order valence-electron chi connectivity index (χ0n) is 18.7. The molecule has 34 heavy (non-hydrogen) atoms. The molecular formula is C29H26ClFN2O. The molecule has 0 aliphatic heterocycles. The summed E-state index contributed by atoms with van der Waals surface area (Å²) >= 11 is 6.39. The number of carbonyl (C=O) groups excluding carboxylic acids is 1. The molecule has 0 aliphatic carbocycles. The molecule has 0 spiro atoms. The highest BCUT2D eigenvalue weighted by Gasteiger charge is 2.21. The second kappa shape index (κ2) is 11.5. The van der Waals surface area contributed by atoms with Gasteiger partial charge in [-0.05, 0) is 41.3 Å². The monoisotopic (exact) mass is 472 g/mol. The summed E-state index contributed by atoms with van der Waals surface area (Å²) in [5.74, 6) is -0.364. The van der Waals surface area contributed by atoms with Gasteiger partial charge < -0.3 is 10.2 Å². The van der Waals surface area contributed by atoms with Crippen molar-refractivity contribution in [3.8, 4) is 0 Å². The Balaban J connectivity index is 1.59. The lowest BCUT2D eigenvalue weighted by atomic mass is 9.88. The number of nitrogens with zero attached hydrogens (tertiary/aromatic N) is 1. The van der Waals surface area contributed by atoms with Gasteiger partial charge >= 0.3 is 6.03 Å². The lowest BCUT2D eigenvalue weighted by Crippen LogP contribution is -2.36. The fraction of sp³-hybridized carbons (Fsp3) is 0.138. The van der Waals surface area contributed by atoms with Gasteiger partial charge in [0, 0.05) is 24.0 Å². The highest BCUT2D eigenvalue weighted by atomic mass is 35.5. The van der Waals surface area contributed by atoms with Crippen molar-refractivity contribution in [3.63, 3.8) is 0 Å². The van der Waals surface area contributed by atoms with E-state index >= 15 is 0 Å². The molecule has 5 heteroatoms. The molecular weight excluding hydrogens is 447 g/mol. The zero-order valence-corrected chi connectivity index (χ0v) is 19.5. The quantitative estimate of drug-likeness (QED) is 0.279. The van der Waals surface area contributed by atoms with Crippen molar-refractivity contribution in [2.75, 3.05) is 11.9 Å². The van der Waals surface area contributed by atoms with Crippen molar-refractivity contribution in [3.05, 3.63) is 137 Å². The fourth-order valence-corrected chi connectivity index (χ4v) is 4.22. The number of hydrogen-bond donors (Lipinski definition) is 1. The van der Waals surface area contributed by atoms with Crippen LogP contribution in [0.1, 0.15) is 29.0 Å². The van der Waals surface area contributed by atoms with Gasteiger partial charge in [0.2, 0.25) is 0 Å². The summed E-state index contributed by atoms with van der Waals surface area (Å²) in [5, 5.41) is 3.31. The van der Waals surface area contributed by atoms with E-state index in [1.54, 1.807) is 29.2 Å². The minimum Gasteiger partial charge on any atom is -0.320 e. The van der Waals surface area contributed by atoms with E-state index in [9.17, 15) is 9.18 Å². The molecule has 0 aliphatic rings. The first-order valence-electron chi connectivity index (χ1n) is 11.3. The highest BCUT2D eigenvalue weighted by molar-refractivity contribution is 6.31. The number of carbonyl (C=O) groups is 1. The van der Waals surface area contributed by atoms with Gasteiger partial charge in [0.15, 0.2) is 0 Å². The van der Waals surface area contributed by atoms with Gasteiger partial charge in [0.1, 0.15) is 5.82 Å². The van der Waals surface area contributed by atoms with Crippen molar-refractivity contribution < 1.29 is 9.18 Å². The number of para-hydroxylation sites is 1. The Kier molecular flexibility index (Phi) is 7.95.